The fourth-order valence-electron chi connectivity index (χ4n) is 1.21. The lowest BCUT2D eigenvalue weighted by molar-refractivity contribution is -0.162. The van der Waals surface area contributed by atoms with Crippen LogP contribution in [-0.4, -0.2) is 18.0 Å². The minimum absolute atomic E-state index is 0.252. The number of halogens is 5. The van der Waals surface area contributed by atoms with Crippen molar-refractivity contribution in [3.05, 3.63) is 35.6 Å². The van der Waals surface area contributed by atoms with Crippen molar-refractivity contribution in [2.45, 2.75) is 12.2 Å². The van der Waals surface area contributed by atoms with Gasteiger partial charge in [-0.05, 0) is 17.7 Å². The van der Waals surface area contributed by atoms with Crippen molar-refractivity contribution < 1.29 is 22.4 Å². The van der Waals surface area contributed by atoms with Gasteiger partial charge < -0.3 is 5.32 Å². The van der Waals surface area contributed by atoms with Gasteiger partial charge >= 0.3 is 6.18 Å². The van der Waals surface area contributed by atoms with Gasteiger partial charge in [0.2, 0.25) is 5.91 Å². The number of amides is 1. The summed E-state index contributed by atoms with van der Waals surface area (Å²) in [7, 11) is 0. The fraction of sp³-hybridized carbons (Fsp3) is 0.300. The van der Waals surface area contributed by atoms with Crippen LogP contribution in [0.15, 0.2) is 24.3 Å². The molecule has 0 spiro atoms. The van der Waals surface area contributed by atoms with Crippen molar-refractivity contribution in [3.8, 4) is 0 Å². The summed E-state index contributed by atoms with van der Waals surface area (Å²) in [5.74, 6) is -2.18. The van der Waals surface area contributed by atoms with Crippen molar-refractivity contribution >= 4 is 17.5 Å². The van der Waals surface area contributed by atoms with Gasteiger partial charge in [-0.15, -0.1) is 11.6 Å². The van der Waals surface area contributed by atoms with Crippen molar-refractivity contribution in [2.75, 3.05) is 5.88 Å². The third kappa shape index (κ3) is 3.89. The van der Waals surface area contributed by atoms with Crippen LogP contribution in [0.2, 0.25) is 0 Å². The zero-order chi connectivity index (χ0) is 13.1. The van der Waals surface area contributed by atoms with E-state index in [0.29, 0.717) is 0 Å². The molecule has 1 aromatic rings. The number of carbonyl (C=O) groups is 1. The zero-order valence-corrected chi connectivity index (χ0v) is 9.15. The molecule has 7 heteroatoms. The maximum Gasteiger partial charge on any atom is 0.412 e. The van der Waals surface area contributed by atoms with Crippen LogP contribution in [-0.2, 0) is 4.79 Å². The van der Waals surface area contributed by atoms with Crippen LogP contribution in [0.5, 0.6) is 0 Å². The Labute approximate surface area is 99.6 Å². The highest BCUT2D eigenvalue weighted by Gasteiger charge is 2.41. The topological polar surface area (TPSA) is 29.1 Å². The van der Waals surface area contributed by atoms with Gasteiger partial charge in [0.25, 0.3) is 0 Å². The van der Waals surface area contributed by atoms with E-state index in [4.69, 9.17) is 11.6 Å². The number of benzene rings is 1. The summed E-state index contributed by atoms with van der Waals surface area (Å²) in [5, 5.41) is 1.72. The summed E-state index contributed by atoms with van der Waals surface area (Å²) in [6, 6.07) is 1.51. The molecule has 0 aromatic heterocycles. The standard InChI is InChI=1S/C10H8ClF4NO/c11-5-8(17)16-9(10(13,14)15)6-1-3-7(12)4-2-6/h1-4,9H,5H2,(H,16,17)/t9-/m0/s1. The van der Waals surface area contributed by atoms with E-state index in [-0.39, 0.29) is 5.56 Å². The molecule has 0 unspecified atom stereocenters. The fourth-order valence-corrected chi connectivity index (χ4v) is 1.29. The molecule has 1 amide bonds. The second-order valence-corrected chi connectivity index (χ2v) is 3.49. The first-order chi connectivity index (χ1) is 7.84. The quantitative estimate of drug-likeness (QED) is 0.663. The van der Waals surface area contributed by atoms with E-state index in [1.165, 1.54) is 0 Å². The monoisotopic (exact) mass is 269 g/mol. The Morgan fingerprint density at radius 3 is 2.24 bits per heavy atom. The highest BCUT2D eigenvalue weighted by Crippen LogP contribution is 2.32. The van der Waals surface area contributed by atoms with E-state index < -0.39 is 29.8 Å². The average molecular weight is 270 g/mol. The Balaban J connectivity index is 2.98. The maximum atomic E-state index is 12.7. The Morgan fingerprint density at radius 1 is 1.29 bits per heavy atom. The van der Waals surface area contributed by atoms with Crippen LogP contribution < -0.4 is 5.32 Å². The largest absolute Gasteiger partial charge is 0.412 e. The lowest BCUT2D eigenvalue weighted by Gasteiger charge is -2.21. The van der Waals surface area contributed by atoms with Crippen LogP contribution in [0.1, 0.15) is 11.6 Å². The minimum atomic E-state index is -4.67. The summed E-state index contributed by atoms with van der Waals surface area (Å²) >= 11 is 5.12. The summed E-state index contributed by atoms with van der Waals surface area (Å²) in [6.07, 6.45) is -4.67. The van der Waals surface area contributed by atoms with Crippen LogP contribution >= 0.6 is 11.6 Å². The average Bonchev–Trinajstić information content (AvgIpc) is 2.25. The molecule has 0 fully saturated rings. The van der Waals surface area contributed by atoms with E-state index >= 15 is 0 Å². The van der Waals surface area contributed by atoms with Crippen molar-refractivity contribution in [3.63, 3.8) is 0 Å². The van der Waals surface area contributed by atoms with Gasteiger partial charge in [0.05, 0.1) is 0 Å². The van der Waals surface area contributed by atoms with Gasteiger partial charge in [0.1, 0.15) is 11.7 Å². The van der Waals surface area contributed by atoms with E-state index in [0.717, 1.165) is 24.3 Å². The molecule has 0 bridgehead atoms. The van der Waals surface area contributed by atoms with Crippen LogP contribution in [0.4, 0.5) is 17.6 Å². The Bertz CT molecular complexity index is 390. The molecule has 0 aliphatic carbocycles. The molecule has 0 aliphatic rings. The second-order valence-electron chi connectivity index (χ2n) is 3.23. The lowest BCUT2D eigenvalue weighted by atomic mass is 10.1. The molecule has 0 saturated carbocycles. The first kappa shape index (κ1) is 13.8. The van der Waals surface area contributed by atoms with Crippen LogP contribution in [0.3, 0.4) is 0 Å². The second kappa shape index (κ2) is 5.35. The Hall–Kier alpha value is -1.30. The molecule has 94 valence electrons. The van der Waals surface area contributed by atoms with E-state index in [9.17, 15) is 22.4 Å². The van der Waals surface area contributed by atoms with Gasteiger partial charge in [-0.3, -0.25) is 4.79 Å². The first-order valence-electron chi connectivity index (χ1n) is 4.52. The number of hydrogen-bond donors (Lipinski definition) is 1. The molecule has 1 N–H and O–H groups in total. The molecule has 17 heavy (non-hydrogen) atoms. The predicted molar refractivity (Wildman–Crippen MR) is 54.1 cm³/mol. The van der Waals surface area contributed by atoms with Crippen LogP contribution in [0, 0.1) is 5.82 Å². The molecule has 1 atom stereocenters. The first-order valence-corrected chi connectivity index (χ1v) is 5.05. The van der Waals surface area contributed by atoms with Gasteiger partial charge in [-0.1, -0.05) is 12.1 Å². The molecule has 0 heterocycles. The van der Waals surface area contributed by atoms with Gasteiger partial charge in [-0.25, -0.2) is 4.39 Å². The smallest absolute Gasteiger partial charge is 0.340 e. The normalized spacial score (nSPS) is 13.2. The molecular weight excluding hydrogens is 262 g/mol. The number of alkyl halides is 4. The highest BCUT2D eigenvalue weighted by molar-refractivity contribution is 6.27. The molecule has 2 nitrogen and oxygen atoms in total. The SMILES string of the molecule is O=C(CCl)N[C@@H](c1ccc(F)cc1)C(F)(F)F. The molecule has 0 saturated heterocycles. The summed E-state index contributed by atoms with van der Waals surface area (Å²) in [5.41, 5.74) is -0.252. The lowest BCUT2D eigenvalue weighted by Crippen LogP contribution is -2.38. The van der Waals surface area contributed by atoms with Gasteiger partial charge in [0, 0.05) is 0 Å². The van der Waals surface area contributed by atoms with E-state index in [2.05, 4.69) is 0 Å². The number of hydrogen-bond acceptors (Lipinski definition) is 1. The van der Waals surface area contributed by atoms with E-state index in [1.54, 1.807) is 5.32 Å². The molecule has 1 rings (SSSR count). The third-order valence-electron chi connectivity index (χ3n) is 1.96. The number of nitrogens with one attached hydrogen (secondary N) is 1. The number of rotatable bonds is 3. The molecular formula is C10H8ClF4NO. The zero-order valence-electron chi connectivity index (χ0n) is 8.39. The molecule has 0 radical (unpaired) electrons. The predicted octanol–water partition coefficient (Wildman–Crippen LogP) is 2.78. The minimum Gasteiger partial charge on any atom is -0.340 e. The molecule has 0 aliphatic heterocycles. The Kier molecular flexibility index (Phi) is 4.34. The summed E-state index contributed by atoms with van der Waals surface area (Å²) < 4.78 is 50.5. The van der Waals surface area contributed by atoms with Gasteiger partial charge in [0.15, 0.2) is 6.04 Å². The van der Waals surface area contributed by atoms with Crippen LogP contribution in [0.25, 0.3) is 0 Å². The maximum absolute atomic E-state index is 12.7. The number of carbonyl (C=O) groups excluding carboxylic acids is 1. The third-order valence-corrected chi connectivity index (χ3v) is 2.20. The van der Waals surface area contributed by atoms with E-state index in [1.807, 2.05) is 0 Å². The van der Waals surface area contributed by atoms with Crippen molar-refractivity contribution in [1.29, 1.82) is 0 Å². The Morgan fingerprint density at radius 2 is 1.82 bits per heavy atom. The van der Waals surface area contributed by atoms with Crippen molar-refractivity contribution in [2.24, 2.45) is 0 Å². The van der Waals surface area contributed by atoms with Gasteiger partial charge in [-0.2, -0.15) is 13.2 Å². The highest BCUT2D eigenvalue weighted by atomic mass is 35.5. The summed E-state index contributed by atoms with van der Waals surface area (Å²) in [4.78, 5) is 10.9. The summed E-state index contributed by atoms with van der Waals surface area (Å²) in [6.45, 7) is 0. The molecule has 1 aromatic carbocycles. The van der Waals surface area contributed by atoms with Crippen molar-refractivity contribution in [1.82, 2.24) is 5.32 Å².